The number of aliphatic hydroxyl groups excluding tert-OH is 12. The molecule has 3 aliphatic heterocycles. The minimum absolute atomic E-state index is 0.0160. The zero-order valence-corrected chi connectivity index (χ0v) is 23.9. The summed E-state index contributed by atoms with van der Waals surface area (Å²) < 4.78 is 29.7. The number of hydrogen-bond acceptors (Lipinski definition) is 17. The van der Waals surface area contributed by atoms with Crippen LogP contribution in [0.15, 0.2) is 0 Å². The molecule has 0 aromatic carbocycles. The molecule has 3 saturated heterocycles. The van der Waals surface area contributed by atoms with Crippen molar-refractivity contribution in [2.45, 2.75) is 142 Å². The Morgan fingerprint density at radius 2 is 1.00 bits per heavy atom. The van der Waals surface area contributed by atoms with Crippen molar-refractivity contribution in [3.8, 4) is 0 Å². The molecule has 2 saturated carbocycles. The molecule has 12 N–H and O–H groups in total. The van der Waals surface area contributed by atoms with Crippen LogP contribution in [0.3, 0.4) is 0 Å². The van der Waals surface area contributed by atoms with E-state index in [-0.39, 0.29) is 32.1 Å². The summed E-state index contributed by atoms with van der Waals surface area (Å²) in [6.07, 6.45) is -23.5. The largest absolute Gasteiger partial charge is 0.394 e. The molecule has 0 bridgehead atoms. The fourth-order valence-electron chi connectivity index (χ4n) is 7.30. The molecule has 18 unspecified atom stereocenters. The van der Waals surface area contributed by atoms with E-state index < -0.39 is 135 Å². The van der Waals surface area contributed by atoms with Crippen LogP contribution in [0.2, 0.25) is 0 Å². The molecular formula is C27H46O17. The van der Waals surface area contributed by atoms with Gasteiger partial charge in [-0.1, -0.05) is 0 Å². The van der Waals surface area contributed by atoms with Crippen molar-refractivity contribution in [2.24, 2.45) is 11.8 Å². The van der Waals surface area contributed by atoms with Gasteiger partial charge in [0, 0.05) is 12.3 Å². The number of hydrogen-bond donors (Lipinski definition) is 12. The van der Waals surface area contributed by atoms with E-state index in [1.165, 1.54) is 0 Å². The smallest absolute Gasteiger partial charge is 0.187 e. The summed E-state index contributed by atoms with van der Waals surface area (Å²) in [5.41, 5.74) is 0. The number of rotatable bonds is 7. The van der Waals surface area contributed by atoms with E-state index in [0.717, 1.165) is 0 Å². The first-order valence-corrected chi connectivity index (χ1v) is 15.1. The lowest BCUT2D eigenvalue weighted by Gasteiger charge is -2.52. The summed E-state index contributed by atoms with van der Waals surface area (Å²) in [6.45, 7) is -1.36. The fourth-order valence-corrected chi connectivity index (χ4v) is 7.30. The Bertz CT molecular complexity index is 915. The van der Waals surface area contributed by atoms with Gasteiger partial charge in [-0.2, -0.15) is 0 Å². The van der Waals surface area contributed by atoms with Gasteiger partial charge in [-0.15, -0.1) is 0 Å². The van der Waals surface area contributed by atoms with Gasteiger partial charge in [0.25, 0.3) is 0 Å². The SMILES string of the molecule is OCC1OC(OC2CC(O)CC3OC(C4CC(O)C(O)C(O)C4)C(OC4OC(CO)C(O)C(O)C4O)CC23)C(O)C(O)C1O. The molecule has 0 aromatic rings. The molecule has 2 aliphatic carbocycles. The van der Waals surface area contributed by atoms with E-state index in [0.29, 0.717) is 0 Å². The van der Waals surface area contributed by atoms with Gasteiger partial charge in [0.15, 0.2) is 12.6 Å². The van der Waals surface area contributed by atoms with Gasteiger partial charge in [-0.3, -0.25) is 0 Å². The molecule has 17 heteroatoms. The third-order valence-corrected chi connectivity index (χ3v) is 9.82. The zero-order chi connectivity index (χ0) is 32.0. The number of aliphatic hydroxyl groups is 12. The van der Waals surface area contributed by atoms with Crippen molar-refractivity contribution in [3.63, 3.8) is 0 Å². The second-order valence-corrected chi connectivity index (χ2v) is 12.8. The lowest BCUT2D eigenvalue weighted by atomic mass is 9.72. The second kappa shape index (κ2) is 14.2. The van der Waals surface area contributed by atoms with Crippen LogP contribution in [0.1, 0.15) is 32.1 Å². The minimum Gasteiger partial charge on any atom is -0.394 e. The monoisotopic (exact) mass is 642 g/mol. The van der Waals surface area contributed by atoms with Gasteiger partial charge >= 0.3 is 0 Å². The molecule has 17 nitrogen and oxygen atoms in total. The summed E-state index contributed by atoms with van der Waals surface area (Å²) in [7, 11) is 0. The van der Waals surface area contributed by atoms with Gasteiger partial charge in [-0.05, 0) is 31.6 Å². The topological polar surface area (TPSA) is 289 Å². The van der Waals surface area contributed by atoms with E-state index >= 15 is 0 Å². The molecule has 44 heavy (non-hydrogen) atoms. The van der Waals surface area contributed by atoms with Crippen molar-refractivity contribution in [2.75, 3.05) is 13.2 Å². The van der Waals surface area contributed by atoms with Crippen molar-refractivity contribution in [1.29, 1.82) is 0 Å². The van der Waals surface area contributed by atoms with Crippen LogP contribution in [-0.4, -0.2) is 185 Å². The Hall–Kier alpha value is -0.680. The predicted molar refractivity (Wildman–Crippen MR) is 140 cm³/mol. The Morgan fingerprint density at radius 1 is 0.500 bits per heavy atom. The minimum atomic E-state index is -1.73. The highest BCUT2D eigenvalue weighted by molar-refractivity contribution is 5.01. The van der Waals surface area contributed by atoms with E-state index in [1.54, 1.807) is 0 Å². The summed E-state index contributed by atoms with van der Waals surface area (Å²) in [4.78, 5) is 0. The lowest BCUT2D eigenvalue weighted by Crippen LogP contribution is -2.63. The number of ether oxygens (including phenoxy) is 5. The molecular weight excluding hydrogens is 596 g/mol. The summed E-state index contributed by atoms with van der Waals surface area (Å²) in [5.74, 6) is -1.15. The summed E-state index contributed by atoms with van der Waals surface area (Å²) in [6, 6.07) is 0. The van der Waals surface area contributed by atoms with Crippen LogP contribution in [0, 0.1) is 11.8 Å². The van der Waals surface area contributed by atoms with E-state index in [2.05, 4.69) is 0 Å². The molecule has 0 amide bonds. The first kappa shape index (κ1) is 34.6. The third kappa shape index (κ3) is 6.81. The van der Waals surface area contributed by atoms with Crippen LogP contribution < -0.4 is 0 Å². The molecule has 3 heterocycles. The Morgan fingerprint density at radius 3 is 1.50 bits per heavy atom. The van der Waals surface area contributed by atoms with E-state index in [4.69, 9.17) is 23.7 Å². The fraction of sp³-hybridized carbons (Fsp3) is 1.00. The van der Waals surface area contributed by atoms with Crippen LogP contribution in [0.25, 0.3) is 0 Å². The van der Waals surface area contributed by atoms with Gasteiger partial charge in [0.1, 0.15) is 54.9 Å². The highest BCUT2D eigenvalue weighted by Gasteiger charge is 2.54. The highest BCUT2D eigenvalue weighted by atomic mass is 16.7. The standard InChI is InChI=1S/C27H46O17/c28-6-16-19(34)21(36)23(38)26(43-16)41-14-4-9(30)3-13-10(14)5-15(25(40-13)8-1-11(31)18(33)12(32)2-8)42-27-24(39)22(37)20(35)17(7-29)44-27/h8-39H,1-7H2. The lowest BCUT2D eigenvalue weighted by molar-refractivity contribution is -0.345. The quantitative estimate of drug-likeness (QED) is 0.123. The van der Waals surface area contributed by atoms with Crippen LogP contribution >= 0.6 is 0 Å². The maximum atomic E-state index is 10.7. The van der Waals surface area contributed by atoms with Crippen LogP contribution in [0.5, 0.6) is 0 Å². The zero-order valence-electron chi connectivity index (χ0n) is 23.9. The van der Waals surface area contributed by atoms with Gasteiger partial charge in [-0.25, -0.2) is 0 Å². The normalized spacial score (nSPS) is 55.4. The molecule has 5 rings (SSSR count). The average molecular weight is 643 g/mol. The van der Waals surface area contributed by atoms with Gasteiger partial charge in [0.2, 0.25) is 0 Å². The van der Waals surface area contributed by atoms with Crippen molar-refractivity contribution >= 4 is 0 Å². The highest BCUT2D eigenvalue weighted by Crippen LogP contribution is 2.45. The van der Waals surface area contributed by atoms with Gasteiger partial charge < -0.3 is 85.0 Å². The molecule has 0 aromatic heterocycles. The molecule has 256 valence electrons. The van der Waals surface area contributed by atoms with Crippen LogP contribution in [-0.2, 0) is 23.7 Å². The van der Waals surface area contributed by atoms with Crippen LogP contribution in [0.4, 0.5) is 0 Å². The maximum Gasteiger partial charge on any atom is 0.187 e. The van der Waals surface area contributed by atoms with E-state index in [1.807, 2.05) is 0 Å². The second-order valence-electron chi connectivity index (χ2n) is 12.8. The summed E-state index contributed by atoms with van der Waals surface area (Å²) in [5, 5.41) is 123. The Balaban J connectivity index is 1.39. The first-order valence-electron chi connectivity index (χ1n) is 15.1. The molecule has 0 radical (unpaired) electrons. The summed E-state index contributed by atoms with van der Waals surface area (Å²) >= 11 is 0. The Labute approximate surface area is 252 Å². The molecule has 5 fully saturated rings. The number of fused-ring (bicyclic) bond motifs is 1. The Kier molecular flexibility index (Phi) is 11.2. The van der Waals surface area contributed by atoms with Crippen molar-refractivity contribution in [3.05, 3.63) is 0 Å². The molecule has 0 spiro atoms. The van der Waals surface area contributed by atoms with Crippen molar-refractivity contribution in [1.82, 2.24) is 0 Å². The first-order chi connectivity index (χ1) is 20.8. The molecule has 18 atom stereocenters. The maximum absolute atomic E-state index is 10.7. The third-order valence-electron chi connectivity index (χ3n) is 9.82. The van der Waals surface area contributed by atoms with Crippen molar-refractivity contribution < 1.29 is 85.0 Å². The average Bonchev–Trinajstić information content (AvgIpc) is 2.99. The predicted octanol–water partition coefficient (Wildman–Crippen LogP) is -6.22. The molecule has 5 aliphatic rings. The van der Waals surface area contributed by atoms with E-state index in [9.17, 15) is 61.3 Å². The van der Waals surface area contributed by atoms with Gasteiger partial charge in [0.05, 0.1) is 55.9 Å².